The van der Waals surface area contributed by atoms with Crippen LogP contribution in [0.4, 0.5) is 0 Å². The minimum Gasteiger partial charge on any atom is -0.481 e. The second-order valence-corrected chi connectivity index (χ2v) is 5.26. The maximum atomic E-state index is 12.6. The van der Waals surface area contributed by atoms with E-state index >= 15 is 0 Å². The fraction of sp³-hybridized carbons (Fsp3) is 0.562. The molecular formula is C16H25NO2. The summed E-state index contributed by atoms with van der Waals surface area (Å²) in [5.41, 5.74) is 0. The molecule has 1 aromatic carbocycles. The van der Waals surface area contributed by atoms with Crippen molar-refractivity contribution in [1.82, 2.24) is 4.90 Å². The summed E-state index contributed by atoms with van der Waals surface area (Å²) in [5, 5.41) is 0. The Balaban J connectivity index is 2.81. The van der Waals surface area contributed by atoms with E-state index in [4.69, 9.17) is 4.74 Å². The average molecular weight is 263 g/mol. The number of nitrogens with zero attached hydrogens (tertiary/aromatic N) is 1. The van der Waals surface area contributed by atoms with E-state index in [2.05, 4.69) is 0 Å². The Morgan fingerprint density at radius 3 is 2.05 bits per heavy atom. The summed E-state index contributed by atoms with van der Waals surface area (Å²) in [6.07, 6.45) is 0.260. The van der Waals surface area contributed by atoms with Crippen molar-refractivity contribution in [2.24, 2.45) is 0 Å². The molecular weight excluding hydrogens is 238 g/mol. The summed E-state index contributed by atoms with van der Waals surface area (Å²) < 4.78 is 5.82. The molecule has 0 bridgehead atoms. The molecule has 19 heavy (non-hydrogen) atoms. The van der Waals surface area contributed by atoms with Gasteiger partial charge >= 0.3 is 0 Å². The van der Waals surface area contributed by atoms with Crippen molar-refractivity contribution in [2.45, 2.75) is 59.2 Å². The highest BCUT2D eigenvalue weighted by atomic mass is 16.5. The first-order valence-electron chi connectivity index (χ1n) is 7.01. The first-order valence-corrected chi connectivity index (χ1v) is 7.01. The largest absolute Gasteiger partial charge is 0.481 e. The predicted octanol–water partition coefficient (Wildman–Crippen LogP) is 3.49. The monoisotopic (exact) mass is 263 g/mol. The molecule has 0 aliphatic carbocycles. The smallest absolute Gasteiger partial charge is 0.264 e. The molecule has 0 radical (unpaired) electrons. The van der Waals surface area contributed by atoms with Crippen LogP contribution in [-0.2, 0) is 4.79 Å². The lowest BCUT2D eigenvalue weighted by molar-refractivity contribution is -0.142. The molecule has 0 fully saturated rings. The third kappa shape index (κ3) is 4.27. The van der Waals surface area contributed by atoms with Crippen LogP contribution in [0, 0.1) is 0 Å². The van der Waals surface area contributed by atoms with Crippen molar-refractivity contribution in [2.75, 3.05) is 0 Å². The summed E-state index contributed by atoms with van der Waals surface area (Å²) in [7, 11) is 0. The van der Waals surface area contributed by atoms with Crippen LogP contribution in [0.5, 0.6) is 5.75 Å². The van der Waals surface area contributed by atoms with E-state index in [0.717, 1.165) is 5.75 Å². The molecule has 0 N–H and O–H groups in total. The van der Waals surface area contributed by atoms with E-state index in [1.165, 1.54) is 0 Å². The van der Waals surface area contributed by atoms with Crippen molar-refractivity contribution in [3.05, 3.63) is 30.3 Å². The average Bonchev–Trinajstić information content (AvgIpc) is 2.36. The Morgan fingerprint density at radius 1 is 1.11 bits per heavy atom. The Morgan fingerprint density at radius 2 is 1.63 bits per heavy atom. The molecule has 106 valence electrons. The molecule has 0 saturated carbocycles. The summed E-state index contributed by atoms with van der Waals surface area (Å²) >= 11 is 0. The second kappa shape index (κ2) is 7.17. The van der Waals surface area contributed by atoms with Crippen molar-refractivity contribution in [3.8, 4) is 5.75 Å². The van der Waals surface area contributed by atoms with Crippen LogP contribution in [0.2, 0.25) is 0 Å². The highest BCUT2D eigenvalue weighted by Crippen LogP contribution is 2.16. The lowest BCUT2D eigenvalue weighted by Gasteiger charge is -2.33. The molecule has 3 heteroatoms. The zero-order chi connectivity index (χ0) is 14.4. The molecule has 0 heterocycles. The predicted molar refractivity (Wildman–Crippen MR) is 78.3 cm³/mol. The topological polar surface area (TPSA) is 29.5 Å². The van der Waals surface area contributed by atoms with Gasteiger partial charge in [-0.05, 0) is 46.2 Å². The lowest BCUT2D eigenvalue weighted by Crippen LogP contribution is -2.48. The Labute approximate surface area is 116 Å². The summed E-state index contributed by atoms with van der Waals surface area (Å²) in [5.74, 6) is 0.812. The molecule has 1 amide bonds. The van der Waals surface area contributed by atoms with E-state index < -0.39 is 6.10 Å². The number of hydrogen-bond donors (Lipinski definition) is 0. The van der Waals surface area contributed by atoms with Gasteiger partial charge in [0, 0.05) is 12.1 Å². The van der Waals surface area contributed by atoms with Crippen molar-refractivity contribution >= 4 is 5.91 Å². The third-order valence-electron chi connectivity index (χ3n) is 3.03. The first-order chi connectivity index (χ1) is 8.97. The molecule has 0 aromatic heterocycles. The molecule has 0 unspecified atom stereocenters. The molecule has 1 atom stereocenters. The van der Waals surface area contributed by atoms with E-state index in [1.54, 1.807) is 0 Å². The van der Waals surface area contributed by atoms with E-state index in [-0.39, 0.29) is 18.0 Å². The maximum absolute atomic E-state index is 12.6. The van der Waals surface area contributed by atoms with E-state index in [9.17, 15) is 4.79 Å². The van der Waals surface area contributed by atoms with Gasteiger partial charge in [0.05, 0.1) is 0 Å². The minimum absolute atomic E-state index is 0.0661. The van der Waals surface area contributed by atoms with Gasteiger partial charge in [0.1, 0.15) is 5.75 Å². The number of carbonyl (C=O) groups excluding carboxylic acids is 1. The van der Waals surface area contributed by atoms with Crippen LogP contribution in [0.15, 0.2) is 30.3 Å². The van der Waals surface area contributed by atoms with Crippen molar-refractivity contribution in [1.29, 1.82) is 0 Å². The van der Waals surface area contributed by atoms with Gasteiger partial charge < -0.3 is 9.64 Å². The van der Waals surface area contributed by atoms with Crippen LogP contribution in [-0.4, -0.2) is 29.0 Å². The van der Waals surface area contributed by atoms with Gasteiger partial charge in [-0.1, -0.05) is 25.1 Å². The Hall–Kier alpha value is -1.51. The van der Waals surface area contributed by atoms with Gasteiger partial charge in [-0.3, -0.25) is 4.79 Å². The quantitative estimate of drug-likeness (QED) is 0.786. The van der Waals surface area contributed by atoms with Crippen LogP contribution in [0.25, 0.3) is 0 Å². The highest BCUT2D eigenvalue weighted by Gasteiger charge is 2.28. The number of para-hydroxylation sites is 1. The Kier molecular flexibility index (Phi) is 5.87. The fourth-order valence-electron chi connectivity index (χ4n) is 2.24. The Bertz CT molecular complexity index is 379. The standard InChI is InChI=1S/C16H25NO2/c1-6-15(19-14-10-8-7-9-11-14)16(18)17(12(2)3)13(4)5/h7-13,15H,6H2,1-5H3/t15-/m1/s1. The van der Waals surface area contributed by atoms with E-state index in [0.29, 0.717) is 6.42 Å². The van der Waals surface area contributed by atoms with Crippen molar-refractivity contribution < 1.29 is 9.53 Å². The summed E-state index contributed by atoms with van der Waals surface area (Å²) in [6.45, 7) is 10.1. The minimum atomic E-state index is -0.410. The first kappa shape index (κ1) is 15.5. The number of amides is 1. The molecule has 1 aromatic rings. The zero-order valence-corrected chi connectivity index (χ0v) is 12.6. The van der Waals surface area contributed by atoms with Gasteiger partial charge in [0.25, 0.3) is 5.91 Å². The van der Waals surface area contributed by atoms with Gasteiger partial charge in [-0.25, -0.2) is 0 Å². The molecule has 0 aliphatic rings. The number of rotatable bonds is 6. The molecule has 3 nitrogen and oxygen atoms in total. The third-order valence-corrected chi connectivity index (χ3v) is 3.03. The van der Waals surface area contributed by atoms with Gasteiger partial charge in [0.15, 0.2) is 6.10 Å². The summed E-state index contributed by atoms with van der Waals surface area (Å²) in [6, 6.07) is 9.88. The van der Waals surface area contributed by atoms with Crippen LogP contribution < -0.4 is 4.74 Å². The van der Waals surface area contributed by atoms with Crippen molar-refractivity contribution in [3.63, 3.8) is 0 Å². The van der Waals surface area contributed by atoms with E-state index in [1.807, 2.05) is 69.9 Å². The zero-order valence-electron chi connectivity index (χ0n) is 12.6. The number of benzene rings is 1. The number of hydrogen-bond acceptors (Lipinski definition) is 2. The molecule has 0 saturated heterocycles. The van der Waals surface area contributed by atoms with Crippen LogP contribution in [0.3, 0.4) is 0 Å². The maximum Gasteiger partial charge on any atom is 0.264 e. The molecule has 1 rings (SSSR count). The van der Waals surface area contributed by atoms with Crippen LogP contribution in [0.1, 0.15) is 41.0 Å². The highest BCUT2D eigenvalue weighted by molar-refractivity contribution is 5.81. The van der Waals surface area contributed by atoms with Gasteiger partial charge in [-0.2, -0.15) is 0 Å². The summed E-state index contributed by atoms with van der Waals surface area (Å²) in [4.78, 5) is 14.4. The SMILES string of the molecule is CC[C@@H](Oc1ccccc1)C(=O)N(C(C)C)C(C)C. The van der Waals surface area contributed by atoms with Gasteiger partial charge in [-0.15, -0.1) is 0 Å². The number of carbonyl (C=O) groups is 1. The molecule has 0 aliphatic heterocycles. The molecule has 0 spiro atoms. The second-order valence-electron chi connectivity index (χ2n) is 5.26. The number of ether oxygens (including phenoxy) is 1. The lowest BCUT2D eigenvalue weighted by atomic mass is 10.1. The van der Waals surface area contributed by atoms with Crippen LogP contribution >= 0.6 is 0 Å². The normalized spacial score (nSPS) is 12.6. The van der Waals surface area contributed by atoms with Gasteiger partial charge in [0.2, 0.25) is 0 Å². The fourth-order valence-corrected chi connectivity index (χ4v) is 2.24.